The molecule has 6 nitrogen and oxygen atoms in total. The number of aromatic nitrogens is 1. The Balaban J connectivity index is 1.56. The molecular weight excluding hydrogens is 316 g/mol. The second kappa shape index (κ2) is 8.63. The van der Waals surface area contributed by atoms with Crippen molar-refractivity contribution in [1.29, 1.82) is 0 Å². The molecule has 2 fully saturated rings. The quantitative estimate of drug-likeness (QED) is 0.851. The Morgan fingerprint density at radius 1 is 1.36 bits per heavy atom. The zero-order chi connectivity index (χ0) is 17.6. The topological polar surface area (TPSA) is 57.7 Å². The molecule has 0 spiro atoms. The van der Waals surface area contributed by atoms with Gasteiger partial charge in [-0.1, -0.05) is 13.8 Å². The standard InChI is InChI=1S/C19H30N4O2/c1-15(2)13-22-10-11-25-16(14-22)12-21-19(24)17-6-5-7-20-18(17)23-8-3-4-9-23/h5-7,15-16H,3-4,8-14H2,1-2H3,(H,21,24). The van der Waals surface area contributed by atoms with Crippen LogP contribution < -0.4 is 10.2 Å². The maximum Gasteiger partial charge on any atom is 0.255 e. The van der Waals surface area contributed by atoms with Gasteiger partial charge in [0.1, 0.15) is 5.82 Å². The average molecular weight is 346 g/mol. The van der Waals surface area contributed by atoms with Crippen molar-refractivity contribution in [2.75, 3.05) is 50.8 Å². The molecule has 2 aliphatic rings. The van der Waals surface area contributed by atoms with E-state index in [4.69, 9.17) is 4.74 Å². The molecule has 25 heavy (non-hydrogen) atoms. The second-order valence-corrected chi connectivity index (χ2v) is 7.42. The van der Waals surface area contributed by atoms with Gasteiger partial charge in [-0.05, 0) is 30.9 Å². The number of hydrogen-bond donors (Lipinski definition) is 1. The van der Waals surface area contributed by atoms with Crippen molar-refractivity contribution in [2.24, 2.45) is 5.92 Å². The minimum atomic E-state index is -0.0559. The molecule has 1 amide bonds. The number of amides is 1. The summed E-state index contributed by atoms with van der Waals surface area (Å²) < 4.78 is 5.82. The summed E-state index contributed by atoms with van der Waals surface area (Å²) in [6, 6.07) is 3.69. The van der Waals surface area contributed by atoms with Crippen LogP contribution in [0.15, 0.2) is 18.3 Å². The molecule has 0 saturated carbocycles. The highest BCUT2D eigenvalue weighted by Crippen LogP contribution is 2.21. The molecule has 1 aromatic rings. The molecule has 1 atom stereocenters. The molecule has 0 aliphatic carbocycles. The van der Waals surface area contributed by atoms with Gasteiger partial charge in [0, 0.05) is 45.5 Å². The third-order valence-corrected chi connectivity index (χ3v) is 4.77. The molecule has 0 bridgehead atoms. The first kappa shape index (κ1) is 18.1. The first-order chi connectivity index (χ1) is 12.1. The number of carbonyl (C=O) groups excluding carboxylic acids is 1. The summed E-state index contributed by atoms with van der Waals surface area (Å²) in [5.74, 6) is 1.40. The van der Waals surface area contributed by atoms with Gasteiger partial charge in [0.25, 0.3) is 5.91 Å². The van der Waals surface area contributed by atoms with Gasteiger partial charge in [-0.2, -0.15) is 0 Å². The van der Waals surface area contributed by atoms with Crippen LogP contribution in [0.1, 0.15) is 37.0 Å². The third kappa shape index (κ3) is 4.92. The summed E-state index contributed by atoms with van der Waals surface area (Å²) in [5.41, 5.74) is 0.666. The Morgan fingerprint density at radius 3 is 2.92 bits per heavy atom. The maximum atomic E-state index is 12.7. The summed E-state index contributed by atoms with van der Waals surface area (Å²) >= 11 is 0. The van der Waals surface area contributed by atoms with E-state index in [1.54, 1.807) is 6.20 Å². The number of hydrogen-bond acceptors (Lipinski definition) is 5. The van der Waals surface area contributed by atoms with Crippen LogP contribution in [0.25, 0.3) is 0 Å². The van der Waals surface area contributed by atoms with Crippen LogP contribution in [0.4, 0.5) is 5.82 Å². The number of morpholine rings is 1. The lowest BCUT2D eigenvalue weighted by Crippen LogP contribution is -2.48. The highest BCUT2D eigenvalue weighted by Gasteiger charge is 2.24. The number of pyridine rings is 1. The Morgan fingerprint density at radius 2 is 2.16 bits per heavy atom. The van der Waals surface area contributed by atoms with Crippen LogP contribution in [0.5, 0.6) is 0 Å². The van der Waals surface area contributed by atoms with Crippen molar-refractivity contribution in [3.8, 4) is 0 Å². The van der Waals surface area contributed by atoms with Crippen molar-refractivity contribution >= 4 is 11.7 Å². The zero-order valence-corrected chi connectivity index (χ0v) is 15.4. The second-order valence-electron chi connectivity index (χ2n) is 7.42. The lowest BCUT2D eigenvalue weighted by Gasteiger charge is -2.34. The number of anilines is 1. The van der Waals surface area contributed by atoms with Crippen LogP contribution in [0.3, 0.4) is 0 Å². The summed E-state index contributed by atoms with van der Waals surface area (Å²) in [7, 11) is 0. The van der Waals surface area contributed by atoms with Crippen LogP contribution >= 0.6 is 0 Å². The van der Waals surface area contributed by atoms with E-state index in [1.165, 1.54) is 12.8 Å². The number of nitrogens with one attached hydrogen (secondary N) is 1. The van der Waals surface area contributed by atoms with E-state index in [9.17, 15) is 4.79 Å². The fourth-order valence-electron chi connectivity index (χ4n) is 3.64. The third-order valence-electron chi connectivity index (χ3n) is 4.77. The number of rotatable bonds is 6. The molecule has 2 aliphatic heterocycles. The number of carbonyl (C=O) groups is 1. The van der Waals surface area contributed by atoms with Crippen LogP contribution in [0.2, 0.25) is 0 Å². The molecule has 6 heteroatoms. The maximum absolute atomic E-state index is 12.7. The van der Waals surface area contributed by atoms with Crippen molar-refractivity contribution in [2.45, 2.75) is 32.8 Å². The predicted octanol–water partition coefficient (Wildman–Crippen LogP) is 1.77. The molecule has 1 unspecified atom stereocenters. The van der Waals surface area contributed by atoms with E-state index in [-0.39, 0.29) is 12.0 Å². The zero-order valence-electron chi connectivity index (χ0n) is 15.4. The Kier molecular flexibility index (Phi) is 6.26. The van der Waals surface area contributed by atoms with Gasteiger partial charge in [-0.3, -0.25) is 9.69 Å². The van der Waals surface area contributed by atoms with E-state index in [2.05, 4.69) is 33.9 Å². The number of nitrogens with zero attached hydrogens (tertiary/aromatic N) is 3. The Bertz CT molecular complexity index is 572. The van der Waals surface area contributed by atoms with Crippen LogP contribution in [0, 0.1) is 5.92 Å². The molecule has 138 valence electrons. The van der Waals surface area contributed by atoms with Crippen molar-refractivity contribution < 1.29 is 9.53 Å². The van der Waals surface area contributed by atoms with E-state index in [0.717, 1.165) is 45.1 Å². The van der Waals surface area contributed by atoms with E-state index < -0.39 is 0 Å². The lowest BCUT2D eigenvalue weighted by molar-refractivity contribution is -0.0295. The molecule has 1 aromatic heterocycles. The first-order valence-electron chi connectivity index (χ1n) is 9.45. The highest BCUT2D eigenvalue weighted by molar-refractivity contribution is 5.98. The molecule has 3 heterocycles. The monoisotopic (exact) mass is 346 g/mol. The molecule has 0 radical (unpaired) electrons. The highest BCUT2D eigenvalue weighted by atomic mass is 16.5. The van der Waals surface area contributed by atoms with Crippen molar-refractivity contribution in [3.63, 3.8) is 0 Å². The summed E-state index contributed by atoms with van der Waals surface area (Å²) in [5, 5.41) is 3.05. The van der Waals surface area contributed by atoms with Crippen molar-refractivity contribution in [1.82, 2.24) is 15.2 Å². The molecule has 1 N–H and O–H groups in total. The fourth-order valence-corrected chi connectivity index (χ4v) is 3.64. The predicted molar refractivity (Wildman–Crippen MR) is 99.0 cm³/mol. The molecule has 2 saturated heterocycles. The Hall–Kier alpha value is -1.66. The van der Waals surface area contributed by atoms with Gasteiger partial charge >= 0.3 is 0 Å². The number of ether oxygens (including phenoxy) is 1. The minimum absolute atomic E-state index is 0.0559. The summed E-state index contributed by atoms with van der Waals surface area (Å²) in [6.07, 6.45) is 4.15. The minimum Gasteiger partial charge on any atom is -0.374 e. The Labute approximate surface area is 150 Å². The largest absolute Gasteiger partial charge is 0.374 e. The van der Waals surface area contributed by atoms with Crippen molar-refractivity contribution in [3.05, 3.63) is 23.9 Å². The smallest absolute Gasteiger partial charge is 0.255 e. The molecule has 0 aromatic carbocycles. The van der Waals surface area contributed by atoms with Crippen LogP contribution in [-0.4, -0.2) is 67.8 Å². The lowest BCUT2D eigenvalue weighted by atomic mass is 10.1. The van der Waals surface area contributed by atoms with E-state index in [1.807, 2.05) is 12.1 Å². The van der Waals surface area contributed by atoms with E-state index >= 15 is 0 Å². The van der Waals surface area contributed by atoms with Gasteiger partial charge in [-0.15, -0.1) is 0 Å². The fraction of sp³-hybridized carbons (Fsp3) is 0.684. The van der Waals surface area contributed by atoms with Gasteiger partial charge in [-0.25, -0.2) is 4.98 Å². The SMILES string of the molecule is CC(C)CN1CCOC(CNC(=O)c2cccnc2N2CCCC2)C1. The average Bonchev–Trinajstić information content (AvgIpc) is 3.14. The summed E-state index contributed by atoms with van der Waals surface area (Å²) in [4.78, 5) is 21.8. The van der Waals surface area contributed by atoms with Crippen LogP contribution in [-0.2, 0) is 4.74 Å². The summed E-state index contributed by atoms with van der Waals surface area (Å²) in [6.45, 7) is 10.6. The van der Waals surface area contributed by atoms with Gasteiger partial charge < -0.3 is 15.0 Å². The first-order valence-corrected chi connectivity index (χ1v) is 9.45. The van der Waals surface area contributed by atoms with Gasteiger partial charge in [0.15, 0.2) is 0 Å². The normalized spacial score (nSPS) is 21.7. The van der Waals surface area contributed by atoms with E-state index in [0.29, 0.717) is 18.0 Å². The van der Waals surface area contributed by atoms with Gasteiger partial charge in [0.05, 0.1) is 18.3 Å². The van der Waals surface area contributed by atoms with Gasteiger partial charge in [0.2, 0.25) is 0 Å². The molecular formula is C19H30N4O2. The molecule has 3 rings (SSSR count).